The Morgan fingerprint density at radius 1 is 1.36 bits per heavy atom. The van der Waals surface area contributed by atoms with Crippen LogP contribution in [0.25, 0.3) is 0 Å². The van der Waals surface area contributed by atoms with Crippen LogP contribution in [0.3, 0.4) is 0 Å². The first kappa shape index (κ1) is 10.9. The molecule has 0 aromatic heterocycles. The molecule has 1 aromatic rings. The van der Waals surface area contributed by atoms with E-state index in [1.165, 1.54) is 0 Å². The van der Waals surface area contributed by atoms with Crippen LogP contribution in [-0.2, 0) is 0 Å². The van der Waals surface area contributed by atoms with Crippen molar-refractivity contribution in [1.29, 1.82) is 0 Å². The molecule has 0 aliphatic rings. The first-order valence-electron chi connectivity index (χ1n) is 4.06. The van der Waals surface area contributed by atoms with Crippen molar-refractivity contribution in [3.63, 3.8) is 0 Å². The maximum absolute atomic E-state index is 12.7. The Hall–Kier alpha value is -1.20. The van der Waals surface area contributed by atoms with E-state index in [0.717, 1.165) is 6.07 Å². The second-order valence-electron chi connectivity index (χ2n) is 2.90. The van der Waals surface area contributed by atoms with E-state index in [0.29, 0.717) is 6.07 Å². The molecule has 1 rings (SSSR count). The number of hydrogen-bond donors (Lipinski definition) is 3. The molecule has 0 fully saturated rings. The van der Waals surface area contributed by atoms with E-state index < -0.39 is 23.5 Å². The number of phenolic OH excluding ortho intramolecular Hbond substituents is 1. The van der Waals surface area contributed by atoms with Crippen LogP contribution in [0.4, 0.5) is 8.78 Å². The minimum atomic E-state index is -1.14. The Morgan fingerprint density at radius 2 is 1.93 bits per heavy atom. The predicted octanol–water partition coefficient (Wildman–Crippen LogP) is 0.923. The standard InChI is InChI=1S/C9H11F2NO2/c1-12-4-9(14)5-2-6(10)7(11)3-8(5)13/h2-3,9,12-14H,4H2,1H3. The number of rotatable bonds is 3. The summed E-state index contributed by atoms with van der Waals surface area (Å²) < 4.78 is 25.3. The summed E-state index contributed by atoms with van der Waals surface area (Å²) in [6.07, 6.45) is -1.06. The van der Waals surface area contributed by atoms with Crippen molar-refractivity contribution in [3.8, 4) is 5.75 Å². The number of hydrogen-bond acceptors (Lipinski definition) is 3. The van der Waals surface area contributed by atoms with Gasteiger partial charge in [0.2, 0.25) is 0 Å². The van der Waals surface area contributed by atoms with Crippen molar-refractivity contribution in [3.05, 3.63) is 29.3 Å². The molecule has 0 aliphatic carbocycles. The molecule has 0 amide bonds. The molecule has 0 spiro atoms. The minimum absolute atomic E-state index is 0.0294. The molecule has 3 N–H and O–H groups in total. The third-order valence-electron chi connectivity index (χ3n) is 1.83. The van der Waals surface area contributed by atoms with E-state index in [-0.39, 0.29) is 12.1 Å². The van der Waals surface area contributed by atoms with Gasteiger partial charge in [-0.15, -0.1) is 0 Å². The first-order valence-corrected chi connectivity index (χ1v) is 4.06. The maximum atomic E-state index is 12.7. The second kappa shape index (κ2) is 4.34. The van der Waals surface area contributed by atoms with Crippen molar-refractivity contribution in [1.82, 2.24) is 5.32 Å². The van der Waals surface area contributed by atoms with Gasteiger partial charge in [-0.1, -0.05) is 0 Å². The fourth-order valence-corrected chi connectivity index (χ4v) is 1.12. The zero-order chi connectivity index (χ0) is 10.7. The molecule has 14 heavy (non-hydrogen) atoms. The Labute approximate surface area is 80.0 Å². The molecule has 3 nitrogen and oxygen atoms in total. The number of nitrogens with one attached hydrogen (secondary N) is 1. The summed E-state index contributed by atoms with van der Waals surface area (Å²) in [5.74, 6) is -2.68. The van der Waals surface area contributed by atoms with Gasteiger partial charge in [0.1, 0.15) is 5.75 Å². The lowest BCUT2D eigenvalue weighted by atomic mass is 10.1. The van der Waals surface area contributed by atoms with Crippen molar-refractivity contribution < 1.29 is 19.0 Å². The Bertz CT molecular complexity index is 331. The molecule has 0 saturated carbocycles. The van der Waals surface area contributed by atoms with Gasteiger partial charge in [-0.2, -0.15) is 0 Å². The Balaban J connectivity index is 3.02. The average Bonchev–Trinajstić information content (AvgIpc) is 2.11. The van der Waals surface area contributed by atoms with Crippen LogP contribution in [0.15, 0.2) is 12.1 Å². The van der Waals surface area contributed by atoms with Gasteiger partial charge in [0.25, 0.3) is 0 Å². The molecular weight excluding hydrogens is 192 g/mol. The molecule has 0 heterocycles. The fourth-order valence-electron chi connectivity index (χ4n) is 1.12. The molecule has 5 heteroatoms. The maximum Gasteiger partial charge on any atom is 0.162 e. The second-order valence-corrected chi connectivity index (χ2v) is 2.90. The first-order chi connectivity index (χ1) is 6.56. The number of phenols is 1. The smallest absolute Gasteiger partial charge is 0.162 e. The lowest BCUT2D eigenvalue weighted by molar-refractivity contribution is 0.173. The summed E-state index contributed by atoms with van der Waals surface area (Å²) >= 11 is 0. The van der Waals surface area contributed by atoms with Crippen LogP contribution < -0.4 is 5.32 Å². The molecule has 0 aliphatic heterocycles. The topological polar surface area (TPSA) is 52.5 Å². The highest BCUT2D eigenvalue weighted by atomic mass is 19.2. The lowest BCUT2D eigenvalue weighted by Gasteiger charge is -2.12. The third kappa shape index (κ3) is 2.18. The van der Waals surface area contributed by atoms with Crippen LogP contribution in [-0.4, -0.2) is 23.8 Å². The van der Waals surface area contributed by atoms with Crippen LogP contribution in [0.1, 0.15) is 11.7 Å². The summed E-state index contributed by atoms with van der Waals surface area (Å²) in [6, 6.07) is 1.43. The van der Waals surface area contributed by atoms with Crippen molar-refractivity contribution in [2.45, 2.75) is 6.10 Å². The van der Waals surface area contributed by atoms with Gasteiger partial charge in [-0.3, -0.25) is 0 Å². The summed E-state index contributed by atoms with van der Waals surface area (Å²) in [5, 5.41) is 21.3. The Morgan fingerprint density at radius 3 is 2.50 bits per heavy atom. The number of benzene rings is 1. The lowest BCUT2D eigenvalue weighted by Crippen LogP contribution is -2.17. The summed E-state index contributed by atoms with van der Waals surface area (Å²) in [4.78, 5) is 0. The van der Waals surface area contributed by atoms with E-state index >= 15 is 0 Å². The van der Waals surface area contributed by atoms with Gasteiger partial charge in [0.05, 0.1) is 6.10 Å². The number of aliphatic hydroxyl groups excluding tert-OH is 1. The molecule has 0 bridgehead atoms. The van der Waals surface area contributed by atoms with E-state index in [1.54, 1.807) is 7.05 Å². The van der Waals surface area contributed by atoms with E-state index in [9.17, 15) is 19.0 Å². The predicted molar refractivity (Wildman–Crippen MR) is 46.9 cm³/mol. The Kier molecular flexibility index (Phi) is 3.38. The van der Waals surface area contributed by atoms with E-state index in [2.05, 4.69) is 5.32 Å². The van der Waals surface area contributed by atoms with E-state index in [1.807, 2.05) is 0 Å². The number of likely N-dealkylation sites (N-methyl/N-ethyl adjacent to an activating group) is 1. The van der Waals surface area contributed by atoms with Gasteiger partial charge in [-0.25, -0.2) is 8.78 Å². The molecule has 1 unspecified atom stereocenters. The number of halogens is 2. The van der Waals surface area contributed by atoms with Crippen LogP contribution >= 0.6 is 0 Å². The van der Waals surface area contributed by atoms with Gasteiger partial charge >= 0.3 is 0 Å². The summed E-state index contributed by atoms with van der Waals surface area (Å²) in [6.45, 7) is 0.151. The highest BCUT2D eigenvalue weighted by molar-refractivity contribution is 5.35. The zero-order valence-corrected chi connectivity index (χ0v) is 7.59. The highest BCUT2D eigenvalue weighted by Gasteiger charge is 2.15. The molecule has 0 saturated heterocycles. The van der Waals surface area contributed by atoms with Crippen LogP contribution in [0.2, 0.25) is 0 Å². The molecule has 78 valence electrons. The van der Waals surface area contributed by atoms with Gasteiger partial charge in [0, 0.05) is 18.2 Å². The molecular formula is C9H11F2NO2. The van der Waals surface area contributed by atoms with Crippen LogP contribution in [0.5, 0.6) is 5.75 Å². The average molecular weight is 203 g/mol. The monoisotopic (exact) mass is 203 g/mol. The quantitative estimate of drug-likeness (QED) is 0.684. The molecule has 1 atom stereocenters. The molecule has 1 aromatic carbocycles. The number of aliphatic hydroxyl groups is 1. The molecule has 0 radical (unpaired) electrons. The normalized spacial score (nSPS) is 12.9. The minimum Gasteiger partial charge on any atom is -0.507 e. The third-order valence-corrected chi connectivity index (χ3v) is 1.83. The van der Waals surface area contributed by atoms with Crippen LogP contribution in [0, 0.1) is 11.6 Å². The van der Waals surface area contributed by atoms with Gasteiger partial charge < -0.3 is 15.5 Å². The highest BCUT2D eigenvalue weighted by Crippen LogP contribution is 2.26. The summed E-state index contributed by atoms with van der Waals surface area (Å²) in [7, 11) is 1.60. The summed E-state index contributed by atoms with van der Waals surface area (Å²) in [5.41, 5.74) is -0.0294. The zero-order valence-electron chi connectivity index (χ0n) is 7.59. The van der Waals surface area contributed by atoms with Crippen molar-refractivity contribution in [2.75, 3.05) is 13.6 Å². The van der Waals surface area contributed by atoms with E-state index in [4.69, 9.17) is 0 Å². The van der Waals surface area contributed by atoms with Gasteiger partial charge in [-0.05, 0) is 13.1 Å². The van der Waals surface area contributed by atoms with Crippen molar-refractivity contribution in [2.24, 2.45) is 0 Å². The van der Waals surface area contributed by atoms with Gasteiger partial charge in [0.15, 0.2) is 11.6 Å². The van der Waals surface area contributed by atoms with Crippen molar-refractivity contribution >= 4 is 0 Å². The number of aromatic hydroxyl groups is 1. The fraction of sp³-hybridized carbons (Fsp3) is 0.333. The SMILES string of the molecule is CNCC(O)c1cc(F)c(F)cc1O. The largest absolute Gasteiger partial charge is 0.507 e.